The molecular formula is C22H12N4O10. The van der Waals surface area contributed by atoms with E-state index in [0.29, 0.717) is 10.8 Å². The smallest absolute Gasteiger partial charge is 0.318 e. The van der Waals surface area contributed by atoms with Gasteiger partial charge in [0.2, 0.25) is 11.5 Å². The second kappa shape index (κ2) is 9.30. The fraction of sp³-hybridized carbons (Fsp3) is 0. The first kappa shape index (κ1) is 23.5. The summed E-state index contributed by atoms with van der Waals surface area (Å²) in [5.74, 6) is -0.857. The fourth-order valence-electron chi connectivity index (χ4n) is 3.33. The van der Waals surface area contributed by atoms with Gasteiger partial charge in [-0.1, -0.05) is 30.3 Å². The molecule has 0 aliphatic rings. The van der Waals surface area contributed by atoms with Crippen molar-refractivity contribution in [3.8, 4) is 23.0 Å². The van der Waals surface area contributed by atoms with Gasteiger partial charge in [0.25, 0.3) is 11.4 Å². The topological polar surface area (TPSA) is 191 Å². The minimum atomic E-state index is -0.856. The average Bonchev–Trinajstić information content (AvgIpc) is 2.85. The van der Waals surface area contributed by atoms with E-state index in [1.807, 2.05) is 0 Å². The van der Waals surface area contributed by atoms with Crippen LogP contribution in [-0.4, -0.2) is 19.7 Å². The molecular weight excluding hydrogens is 480 g/mol. The van der Waals surface area contributed by atoms with Gasteiger partial charge in [0.15, 0.2) is 11.5 Å². The SMILES string of the molecule is O=[N+]([O-])c1ccc(Oc2ccc3ccccc3c2Oc2ccc([N+](=O)[O-])cc2[N+](=O)[O-])c([N+](=O)[O-])c1. The Labute approximate surface area is 199 Å². The van der Waals surface area contributed by atoms with E-state index in [-0.39, 0.29) is 23.0 Å². The highest BCUT2D eigenvalue weighted by Crippen LogP contribution is 2.45. The highest BCUT2D eigenvalue weighted by molar-refractivity contribution is 5.91. The van der Waals surface area contributed by atoms with E-state index in [9.17, 15) is 40.5 Å². The average molecular weight is 492 g/mol. The van der Waals surface area contributed by atoms with Crippen LogP contribution in [0.1, 0.15) is 0 Å². The summed E-state index contributed by atoms with van der Waals surface area (Å²) in [6.45, 7) is 0. The Morgan fingerprint density at radius 2 is 1.03 bits per heavy atom. The van der Waals surface area contributed by atoms with Gasteiger partial charge >= 0.3 is 11.4 Å². The van der Waals surface area contributed by atoms with Crippen molar-refractivity contribution < 1.29 is 29.2 Å². The molecule has 4 aromatic carbocycles. The van der Waals surface area contributed by atoms with E-state index < -0.39 is 42.4 Å². The maximum atomic E-state index is 11.6. The van der Waals surface area contributed by atoms with Crippen molar-refractivity contribution in [1.82, 2.24) is 0 Å². The summed E-state index contributed by atoms with van der Waals surface area (Å²) in [6, 6.07) is 15.3. The second-order valence-corrected chi connectivity index (χ2v) is 7.15. The third kappa shape index (κ3) is 4.54. The van der Waals surface area contributed by atoms with E-state index in [1.54, 1.807) is 30.3 Å². The molecule has 0 atom stereocenters. The molecule has 180 valence electrons. The van der Waals surface area contributed by atoms with Crippen LogP contribution < -0.4 is 9.47 Å². The van der Waals surface area contributed by atoms with Crippen LogP contribution >= 0.6 is 0 Å². The van der Waals surface area contributed by atoms with Crippen molar-refractivity contribution in [1.29, 1.82) is 0 Å². The number of ether oxygens (including phenoxy) is 2. The highest BCUT2D eigenvalue weighted by Gasteiger charge is 2.26. The molecule has 14 heteroatoms. The molecule has 0 fully saturated rings. The van der Waals surface area contributed by atoms with Gasteiger partial charge in [0.05, 0.1) is 31.8 Å². The summed E-state index contributed by atoms with van der Waals surface area (Å²) < 4.78 is 11.5. The third-order valence-electron chi connectivity index (χ3n) is 4.98. The van der Waals surface area contributed by atoms with Crippen LogP contribution in [0.2, 0.25) is 0 Å². The molecule has 36 heavy (non-hydrogen) atoms. The molecule has 0 aromatic heterocycles. The number of nitro groups is 4. The van der Waals surface area contributed by atoms with E-state index in [0.717, 1.165) is 36.4 Å². The summed E-state index contributed by atoms with van der Waals surface area (Å²) in [4.78, 5) is 41.9. The summed E-state index contributed by atoms with van der Waals surface area (Å²) in [5.41, 5.74) is -2.43. The highest BCUT2D eigenvalue weighted by atomic mass is 16.6. The Bertz CT molecular complexity index is 1570. The number of fused-ring (bicyclic) bond motifs is 1. The maximum Gasteiger partial charge on any atom is 0.318 e. The van der Waals surface area contributed by atoms with Gasteiger partial charge in [0.1, 0.15) is 0 Å². The largest absolute Gasteiger partial charge is 0.446 e. The number of nitro benzene ring substituents is 4. The number of nitrogens with zero attached hydrogens (tertiary/aromatic N) is 4. The summed E-state index contributed by atoms with van der Waals surface area (Å²) in [7, 11) is 0. The van der Waals surface area contributed by atoms with Crippen LogP contribution in [0.3, 0.4) is 0 Å². The number of hydrogen-bond acceptors (Lipinski definition) is 10. The minimum absolute atomic E-state index is 0.0716. The standard InChI is InChI=1S/C22H12N4O10/c27-23(28)14-6-9-19(17(11-14)25(31)32)35-21-8-5-13-3-1-2-4-16(13)22(21)36-20-10-7-15(24(29)30)12-18(20)26(33)34/h1-12H. The molecule has 0 saturated carbocycles. The summed E-state index contributed by atoms with van der Waals surface area (Å²) in [6.07, 6.45) is 0. The van der Waals surface area contributed by atoms with Gasteiger partial charge in [-0.3, -0.25) is 40.5 Å². The zero-order chi connectivity index (χ0) is 26.0. The van der Waals surface area contributed by atoms with Crippen LogP contribution in [0.5, 0.6) is 23.0 Å². The lowest BCUT2D eigenvalue weighted by Crippen LogP contribution is -1.99. The monoisotopic (exact) mass is 492 g/mol. The van der Waals surface area contributed by atoms with Crippen molar-refractivity contribution in [3.05, 3.63) is 113 Å². The van der Waals surface area contributed by atoms with Crippen molar-refractivity contribution in [2.45, 2.75) is 0 Å². The molecule has 0 radical (unpaired) electrons. The Balaban J connectivity index is 1.86. The number of non-ortho nitro benzene ring substituents is 2. The number of benzene rings is 4. The first-order chi connectivity index (χ1) is 17.2. The lowest BCUT2D eigenvalue weighted by molar-refractivity contribution is -0.394. The van der Waals surface area contributed by atoms with E-state index >= 15 is 0 Å². The molecule has 4 aromatic rings. The Morgan fingerprint density at radius 1 is 0.528 bits per heavy atom. The predicted octanol–water partition coefficient (Wildman–Crippen LogP) is 6.06. The van der Waals surface area contributed by atoms with Crippen molar-refractivity contribution in [2.75, 3.05) is 0 Å². The first-order valence-corrected chi connectivity index (χ1v) is 9.89. The van der Waals surface area contributed by atoms with Crippen molar-refractivity contribution in [2.24, 2.45) is 0 Å². The lowest BCUT2D eigenvalue weighted by atomic mass is 10.1. The van der Waals surface area contributed by atoms with Crippen molar-refractivity contribution >= 4 is 33.5 Å². The van der Waals surface area contributed by atoms with E-state index in [1.165, 1.54) is 6.07 Å². The fourth-order valence-corrected chi connectivity index (χ4v) is 3.33. The van der Waals surface area contributed by atoms with Crippen LogP contribution in [0.25, 0.3) is 10.8 Å². The van der Waals surface area contributed by atoms with Gasteiger partial charge in [-0.05, 0) is 23.6 Å². The molecule has 0 bridgehead atoms. The normalized spacial score (nSPS) is 10.6. The lowest BCUT2D eigenvalue weighted by Gasteiger charge is -2.15. The molecule has 4 rings (SSSR count). The molecule has 14 nitrogen and oxygen atoms in total. The zero-order valence-corrected chi connectivity index (χ0v) is 17.8. The summed E-state index contributed by atoms with van der Waals surface area (Å²) in [5, 5.41) is 46.2. The molecule has 0 spiro atoms. The van der Waals surface area contributed by atoms with Crippen LogP contribution in [0.4, 0.5) is 22.7 Å². The predicted molar refractivity (Wildman–Crippen MR) is 124 cm³/mol. The number of hydrogen-bond donors (Lipinski definition) is 0. The molecule has 0 unspecified atom stereocenters. The Hall–Kier alpha value is -5.66. The Morgan fingerprint density at radius 3 is 1.56 bits per heavy atom. The molecule has 0 saturated heterocycles. The van der Waals surface area contributed by atoms with Crippen molar-refractivity contribution in [3.63, 3.8) is 0 Å². The van der Waals surface area contributed by atoms with Gasteiger partial charge in [-0.2, -0.15) is 0 Å². The Kier molecular flexibility index (Phi) is 6.07. The molecule has 0 aliphatic carbocycles. The summed E-state index contributed by atoms with van der Waals surface area (Å²) >= 11 is 0. The third-order valence-corrected chi connectivity index (χ3v) is 4.98. The van der Waals surface area contributed by atoms with Gasteiger partial charge < -0.3 is 9.47 Å². The van der Waals surface area contributed by atoms with Crippen LogP contribution in [0.15, 0.2) is 72.8 Å². The van der Waals surface area contributed by atoms with Gasteiger partial charge in [-0.25, -0.2) is 0 Å². The number of rotatable bonds is 8. The molecule has 0 N–H and O–H groups in total. The van der Waals surface area contributed by atoms with Gasteiger partial charge in [-0.15, -0.1) is 0 Å². The first-order valence-electron chi connectivity index (χ1n) is 9.89. The van der Waals surface area contributed by atoms with Gasteiger partial charge in [0, 0.05) is 17.5 Å². The molecule has 0 heterocycles. The van der Waals surface area contributed by atoms with Crippen LogP contribution in [0, 0.1) is 40.5 Å². The van der Waals surface area contributed by atoms with Crippen LogP contribution in [-0.2, 0) is 0 Å². The second-order valence-electron chi connectivity index (χ2n) is 7.15. The van der Waals surface area contributed by atoms with E-state index in [4.69, 9.17) is 9.47 Å². The molecule has 0 amide bonds. The zero-order valence-electron chi connectivity index (χ0n) is 17.8. The molecule has 0 aliphatic heterocycles. The minimum Gasteiger partial charge on any atom is -0.446 e. The quantitative estimate of drug-likeness (QED) is 0.206. The van der Waals surface area contributed by atoms with E-state index in [2.05, 4.69) is 0 Å². The maximum absolute atomic E-state index is 11.6.